The number of nitrogens with one attached hydrogen (secondary N) is 1. The molecule has 0 heterocycles. The molecule has 0 spiro atoms. The number of halogens is 2. The molecule has 0 radical (unpaired) electrons. The van der Waals surface area contributed by atoms with Crippen molar-refractivity contribution in [2.75, 3.05) is 13.7 Å². The van der Waals surface area contributed by atoms with Gasteiger partial charge in [0.25, 0.3) is 0 Å². The lowest BCUT2D eigenvalue weighted by Crippen LogP contribution is -2.49. The largest absolute Gasteiger partial charge is 0.494 e. The molecule has 0 saturated carbocycles. The van der Waals surface area contributed by atoms with Gasteiger partial charge >= 0.3 is 0 Å². The minimum Gasteiger partial charge on any atom is -0.494 e. The summed E-state index contributed by atoms with van der Waals surface area (Å²) < 4.78 is 33.1. The Kier molecular flexibility index (Phi) is 6.49. The van der Waals surface area contributed by atoms with E-state index in [-0.39, 0.29) is 17.2 Å². The first-order valence-corrected chi connectivity index (χ1v) is 9.16. The van der Waals surface area contributed by atoms with Crippen molar-refractivity contribution in [3.8, 4) is 5.75 Å². The SMILES string of the molecule is CCC(N)(CC)CNS(=O)(=O)c1cc(Cl)cc(Br)c1OC. The van der Waals surface area contributed by atoms with Crippen molar-refractivity contribution in [2.45, 2.75) is 37.1 Å². The van der Waals surface area contributed by atoms with Crippen LogP contribution >= 0.6 is 27.5 Å². The predicted octanol–water partition coefficient (Wildman–Crippen LogP) is 2.91. The highest BCUT2D eigenvalue weighted by Crippen LogP contribution is 2.35. The molecule has 3 N–H and O–H groups in total. The molecule has 0 saturated heterocycles. The fraction of sp³-hybridized carbons (Fsp3) is 0.538. The molecule has 5 nitrogen and oxygen atoms in total. The van der Waals surface area contributed by atoms with Gasteiger partial charge in [-0.1, -0.05) is 25.4 Å². The standard InChI is InChI=1S/C13H20BrClN2O3S/c1-4-13(16,5-2)8-17-21(18,19)11-7-9(15)6-10(14)12(11)20-3/h6-7,17H,4-5,8,16H2,1-3H3. The van der Waals surface area contributed by atoms with Crippen molar-refractivity contribution in [1.29, 1.82) is 0 Å². The normalized spacial score (nSPS) is 12.5. The van der Waals surface area contributed by atoms with E-state index < -0.39 is 15.6 Å². The highest BCUT2D eigenvalue weighted by molar-refractivity contribution is 9.10. The second kappa shape index (κ2) is 7.28. The Morgan fingerprint density at radius 2 is 1.95 bits per heavy atom. The summed E-state index contributed by atoms with van der Waals surface area (Å²) in [6, 6.07) is 2.92. The molecule has 0 fully saturated rings. The molecule has 0 amide bonds. The molecule has 0 aliphatic heterocycles. The Labute approximate surface area is 139 Å². The minimum absolute atomic E-state index is 0.0149. The number of ether oxygens (including phenoxy) is 1. The molecule has 0 atom stereocenters. The zero-order valence-corrected chi connectivity index (χ0v) is 15.4. The topological polar surface area (TPSA) is 81.4 Å². The number of hydrogen-bond acceptors (Lipinski definition) is 4. The van der Waals surface area contributed by atoms with Gasteiger partial charge in [0.1, 0.15) is 4.90 Å². The second-order valence-corrected chi connectivity index (χ2v) is 7.84. The van der Waals surface area contributed by atoms with Crippen molar-refractivity contribution in [2.24, 2.45) is 5.73 Å². The summed E-state index contributed by atoms with van der Waals surface area (Å²) >= 11 is 9.17. The molecule has 21 heavy (non-hydrogen) atoms. The Morgan fingerprint density at radius 3 is 2.43 bits per heavy atom. The van der Waals surface area contributed by atoms with Crippen LogP contribution in [0.3, 0.4) is 0 Å². The van der Waals surface area contributed by atoms with Gasteiger partial charge in [0.2, 0.25) is 10.0 Å². The van der Waals surface area contributed by atoms with Crippen LogP contribution < -0.4 is 15.2 Å². The molecule has 0 unspecified atom stereocenters. The Morgan fingerprint density at radius 1 is 1.38 bits per heavy atom. The number of nitrogens with two attached hydrogens (primary N) is 1. The van der Waals surface area contributed by atoms with Crippen molar-refractivity contribution in [3.05, 3.63) is 21.6 Å². The van der Waals surface area contributed by atoms with Crippen LogP contribution in [0.15, 0.2) is 21.5 Å². The minimum atomic E-state index is -3.77. The van der Waals surface area contributed by atoms with Crippen LogP contribution in [0.2, 0.25) is 5.02 Å². The van der Waals surface area contributed by atoms with Gasteiger partial charge in [0.05, 0.1) is 11.6 Å². The molecule has 0 aliphatic rings. The summed E-state index contributed by atoms with van der Waals surface area (Å²) in [5.41, 5.74) is 5.55. The summed E-state index contributed by atoms with van der Waals surface area (Å²) in [5, 5.41) is 0.299. The fourth-order valence-corrected chi connectivity index (χ4v) is 4.27. The number of hydrogen-bond donors (Lipinski definition) is 2. The van der Waals surface area contributed by atoms with E-state index in [1.807, 2.05) is 13.8 Å². The molecule has 1 aromatic carbocycles. The van der Waals surface area contributed by atoms with Gasteiger partial charge < -0.3 is 10.5 Å². The molecule has 0 aromatic heterocycles. The van der Waals surface area contributed by atoms with E-state index in [2.05, 4.69) is 20.7 Å². The van der Waals surface area contributed by atoms with Gasteiger partial charge in [0, 0.05) is 17.1 Å². The van der Waals surface area contributed by atoms with Crippen LogP contribution in [0.25, 0.3) is 0 Å². The Bertz CT molecular complexity index is 604. The highest BCUT2D eigenvalue weighted by Gasteiger charge is 2.27. The van der Waals surface area contributed by atoms with Gasteiger partial charge in [-0.3, -0.25) is 0 Å². The summed E-state index contributed by atoms with van der Waals surface area (Å²) in [4.78, 5) is -0.0149. The average Bonchev–Trinajstić information content (AvgIpc) is 2.44. The molecule has 8 heteroatoms. The van der Waals surface area contributed by atoms with E-state index in [0.717, 1.165) is 0 Å². The summed E-state index contributed by atoms with van der Waals surface area (Å²) in [6.07, 6.45) is 1.34. The fourth-order valence-electron chi connectivity index (χ4n) is 1.75. The number of benzene rings is 1. The van der Waals surface area contributed by atoms with Gasteiger partial charge in [-0.2, -0.15) is 0 Å². The van der Waals surface area contributed by atoms with Gasteiger partial charge in [-0.15, -0.1) is 0 Å². The third kappa shape index (κ3) is 4.56. The quantitative estimate of drug-likeness (QED) is 0.738. The maximum atomic E-state index is 12.5. The lowest BCUT2D eigenvalue weighted by Gasteiger charge is -2.27. The van der Waals surface area contributed by atoms with E-state index in [0.29, 0.717) is 22.3 Å². The monoisotopic (exact) mass is 398 g/mol. The van der Waals surface area contributed by atoms with Gasteiger partial charge in [0.15, 0.2) is 5.75 Å². The van der Waals surface area contributed by atoms with Gasteiger partial charge in [-0.25, -0.2) is 13.1 Å². The van der Waals surface area contributed by atoms with Crippen LogP contribution in [0, 0.1) is 0 Å². The molecular formula is C13H20BrClN2O3S. The molecule has 1 aromatic rings. The smallest absolute Gasteiger partial charge is 0.244 e. The molecule has 1 rings (SSSR count). The third-order valence-electron chi connectivity index (χ3n) is 3.49. The van der Waals surface area contributed by atoms with Crippen molar-refractivity contribution in [3.63, 3.8) is 0 Å². The van der Waals surface area contributed by atoms with Crippen LogP contribution in [0.1, 0.15) is 26.7 Å². The maximum absolute atomic E-state index is 12.5. The molecule has 0 bridgehead atoms. The highest BCUT2D eigenvalue weighted by atomic mass is 79.9. The predicted molar refractivity (Wildman–Crippen MR) is 88.4 cm³/mol. The number of rotatable bonds is 7. The lowest BCUT2D eigenvalue weighted by atomic mass is 9.95. The molecule has 120 valence electrons. The first-order valence-electron chi connectivity index (χ1n) is 6.50. The number of methoxy groups -OCH3 is 1. The zero-order valence-electron chi connectivity index (χ0n) is 12.2. The van der Waals surface area contributed by atoms with E-state index in [1.54, 1.807) is 6.07 Å². The molecular weight excluding hydrogens is 380 g/mol. The van der Waals surface area contributed by atoms with E-state index in [1.165, 1.54) is 13.2 Å². The maximum Gasteiger partial charge on any atom is 0.244 e. The van der Waals surface area contributed by atoms with Crippen LogP contribution in [0.4, 0.5) is 0 Å². The average molecular weight is 400 g/mol. The second-order valence-electron chi connectivity index (χ2n) is 4.81. The van der Waals surface area contributed by atoms with Crippen molar-refractivity contribution < 1.29 is 13.2 Å². The van der Waals surface area contributed by atoms with Crippen molar-refractivity contribution in [1.82, 2.24) is 4.72 Å². The zero-order chi connectivity index (χ0) is 16.3. The van der Waals surface area contributed by atoms with Crippen LogP contribution in [-0.4, -0.2) is 27.6 Å². The van der Waals surface area contributed by atoms with Gasteiger partial charge in [-0.05, 0) is 40.9 Å². The van der Waals surface area contributed by atoms with Crippen LogP contribution in [0.5, 0.6) is 5.75 Å². The molecule has 0 aliphatic carbocycles. The summed E-state index contributed by atoms with van der Waals surface area (Å²) in [7, 11) is -2.37. The van der Waals surface area contributed by atoms with E-state index in [9.17, 15) is 8.42 Å². The van der Waals surface area contributed by atoms with E-state index in [4.69, 9.17) is 22.1 Å². The lowest BCUT2D eigenvalue weighted by molar-refractivity contribution is 0.387. The van der Waals surface area contributed by atoms with Crippen LogP contribution in [-0.2, 0) is 10.0 Å². The first kappa shape index (κ1) is 18.7. The van der Waals surface area contributed by atoms with Crippen molar-refractivity contribution >= 4 is 37.6 Å². The summed E-state index contributed by atoms with van der Waals surface area (Å²) in [5.74, 6) is 0.211. The Hall–Kier alpha value is -0.340. The summed E-state index contributed by atoms with van der Waals surface area (Å²) in [6.45, 7) is 4.00. The Balaban J connectivity index is 3.14. The first-order chi connectivity index (χ1) is 9.69. The van der Waals surface area contributed by atoms with E-state index >= 15 is 0 Å². The number of sulfonamides is 1. The third-order valence-corrected chi connectivity index (χ3v) is 5.70.